The molecule has 1 rings (SSSR count). The first-order valence-corrected chi connectivity index (χ1v) is 4.16. The fourth-order valence-electron chi connectivity index (χ4n) is 1.11. The van der Waals surface area contributed by atoms with Gasteiger partial charge in [-0.25, -0.2) is 0 Å². The predicted molar refractivity (Wildman–Crippen MR) is 47.2 cm³/mol. The monoisotopic (exact) mass is 178 g/mol. The van der Waals surface area contributed by atoms with Crippen molar-refractivity contribution in [2.75, 3.05) is 0 Å². The largest absolute Gasteiger partial charge is 0.290 e. The number of hydrogen-bond acceptors (Lipinski definition) is 3. The lowest BCUT2D eigenvalue weighted by molar-refractivity contribution is -0.130. The number of carbonyl (C=O) groups is 3. The van der Waals surface area contributed by atoms with E-state index in [1.54, 1.807) is 0 Å². The van der Waals surface area contributed by atoms with Crippen LogP contribution in [0, 0.1) is 0 Å². The maximum Gasteiger partial charge on any atom is 0.226 e. The standard InChI is InChI=1S/C10H10O3/c1-2-3-7-6-10(13)9(12)5-4-8(7)11/h4-6H,2-3H2,1H3. The van der Waals surface area contributed by atoms with Crippen LogP contribution in [0.5, 0.6) is 0 Å². The smallest absolute Gasteiger partial charge is 0.226 e. The highest BCUT2D eigenvalue weighted by atomic mass is 16.2. The van der Waals surface area contributed by atoms with E-state index in [0.29, 0.717) is 12.0 Å². The molecular formula is C10H10O3. The molecule has 13 heavy (non-hydrogen) atoms. The van der Waals surface area contributed by atoms with E-state index in [2.05, 4.69) is 0 Å². The second kappa shape index (κ2) is 3.94. The van der Waals surface area contributed by atoms with Crippen molar-refractivity contribution in [2.45, 2.75) is 19.8 Å². The number of carbonyl (C=O) groups excluding carboxylic acids is 3. The van der Waals surface area contributed by atoms with Gasteiger partial charge in [0.1, 0.15) is 0 Å². The van der Waals surface area contributed by atoms with Gasteiger partial charge < -0.3 is 0 Å². The lowest BCUT2D eigenvalue weighted by Crippen LogP contribution is -2.06. The van der Waals surface area contributed by atoms with Crippen molar-refractivity contribution in [2.24, 2.45) is 0 Å². The molecule has 0 aromatic carbocycles. The molecule has 0 aromatic rings. The summed E-state index contributed by atoms with van der Waals surface area (Å²) in [6, 6.07) is 0. The maximum atomic E-state index is 11.2. The highest BCUT2D eigenvalue weighted by Gasteiger charge is 2.16. The highest BCUT2D eigenvalue weighted by molar-refractivity contribution is 6.47. The number of rotatable bonds is 2. The van der Waals surface area contributed by atoms with E-state index < -0.39 is 11.6 Å². The van der Waals surface area contributed by atoms with Gasteiger partial charge in [0.05, 0.1) is 0 Å². The van der Waals surface area contributed by atoms with Crippen molar-refractivity contribution in [1.82, 2.24) is 0 Å². The minimum Gasteiger partial charge on any atom is -0.290 e. The van der Waals surface area contributed by atoms with Crippen LogP contribution >= 0.6 is 0 Å². The van der Waals surface area contributed by atoms with Crippen LogP contribution in [0.1, 0.15) is 19.8 Å². The van der Waals surface area contributed by atoms with E-state index in [0.717, 1.165) is 24.6 Å². The summed E-state index contributed by atoms with van der Waals surface area (Å²) >= 11 is 0. The Bertz CT molecular complexity index is 321. The average Bonchev–Trinajstić information content (AvgIpc) is 2.21. The Balaban J connectivity index is 2.99. The molecule has 0 atom stereocenters. The molecule has 1 aliphatic rings. The van der Waals surface area contributed by atoms with E-state index in [1.165, 1.54) is 0 Å². The van der Waals surface area contributed by atoms with E-state index in [-0.39, 0.29) is 5.78 Å². The van der Waals surface area contributed by atoms with Gasteiger partial charge in [-0.15, -0.1) is 0 Å². The summed E-state index contributed by atoms with van der Waals surface area (Å²) in [7, 11) is 0. The third-order valence-corrected chi connectivity index (χ3v) is 1.77. The van der Waals surface area contributed by atoms with Crippen LogP contribution in [0.4, 0.5) is 0 Å². The van der Waals surface area contributed by atoms with E-state index in [9.17, 15) is 14.4 Å². The average molecular weight is 178 g/mol. The first-order chi connectivity index (χ1) is 6.15. The molecule has 0 radical (unpaired) electrons. The number of ketones is 3. The normalized spacial score (nSPS) is 17.3. The molecular weight excluding hydrogens is 168 g/mol. The summed E-state index contributed by atoms with van der Waals surface area (Å²) in [5.74, 6) is -1.47. The lowest BCUT2D eigenvalue weighted by atomic mass is 10.1. The quantitative estimate of drug-likeness (QED) is 0.592. The summed E-state index contributed by atoms with van der Waals surface area (Å²) in [5, 5.41) is 0. The Labute approximate surface area is 76.1 Å². The number of allylic oxidation sites excluding steroid dienone is 4. The first kappa shape index (κ1) is 9.58. The highest BCUT2D eigenvalue weighted by Crippen LogP contribution is 2.10. The molecule has 0 bridgehead atoms. The molecule has 0 aromatic heterocycles. The van der Waals surface area contributed by atoms with Crippen LogP contribution in [-0.2, 0) is 14.4 Å². The Morgan fingerprint density at radius 3 is 2.23 bits per heavy atom. The maximum absolute atomic E-state index is 11.2. The van der Waals surface area contributed by atoms with Gasteiger partial charge in [-0.05, 0) is 24.6 Å². The van der Waals surface area contributed by atoms with Crippen molar-refractivity contribution in [3.8, 4) is 0 Å². The van der Waals surface area contributed by atoms with Gasteiger partial charge >= 0.3 is 0 Å². The van der Waals surface area contributed by atoms with Crippen molar-refractivity contribution >= 4 is 17.3 Å². The van der Waals surface area contributed by atoms with Gasteiger partial charge in [-0.1, -0.05) is 13.3 Å². The second-order valence-electron chi connectivity index (χ2n) is 2.85. The molecule has 3 nitrogen and oxygen atoms in total. The van der Waals surface area contributed by atoms with E-state index in [4.69, 9.17) is 0 Å². The van der Waals surface area contributed by atoms with Gasteiger partial charge in [-0.2, -0.15) is 0 Å². The zero-order valence-corrected chi connectivity index (χ0v) is 7.37. The van der Waals surface area contributed by atoms with Gasteiger partial charge in [0, 0.05) is 5.57 Å². The summed E-state index contributed by atoms with van der Waals surface area (Å²) < 4.78 is 0. The van der Waals surface area contributed by atoms with E-state index in [1.807, 2.05) is 6.92 Å². The summed E-state index contributed by atoms with van der Waals surface area (Å²) in [4.78, 5) is 33.1. The van der Waals surface area contributed by atoms with Crippen LogP contribution in [0.2, 0.25) is 0 Å². The summed E-state index contributed by atoms with van der Waals surface area (Å²) in [6.07, 6.45) is 4.67. The molecule has 1 aliphatic carbocycles. The zero-order valence-electron chi connectivity index (χ0n) is 7.37. The summed E-state index contributed by atoms with van der Waals surface area (Å²) in [6.45, 7) is 1.91. The van der Waals surface area contributed by atoms with Gasteiger partial charge in [-0.3, -0.25) is 14.4 Å². The van der Waals surface area contributed by atoms with Gasteiger partial charge in [0.15, 0.2) is 5.78 Å². The van der Waals surface area contributed by atoms with Crippen molar-refractivity contribution in [1.29, 1.82) is 0 Å². The van der Waals surface area contributed by atoms with Crippen LogP contribution < -0.4 is 0 Å². The minimum atomic E-state index is -0.626. The van der Waals surface area contributed by atoms with E-state index >= 15 is 0 Å². The van der Waals surface area contributed by atoms with Gasteiger partial charge in [0.2, 0.25) is 11.6 Å². The van der Waals surface area contributed by atoms with Crippen LogP contribution in [-0.4, -0.2) is 17.3 Å². The Hall–Kier alpha value is -1.51. The summed E-state index contributed by atoms with van der Waals surface area (Å²) in [5.41, 5.74) is 0.426. The predicted octanol–water partition coefficient (Wildman–Crippen LogP) is 0.990. The van der Waals surface area contributed by atoms with Crippen molar-refractivity contribution < 1.29 is 14.4 Å². The van der Waals surface area contributed by atoms with Crippen molar-refractivity contribution in [3.05, 3.63) is 23.8 Å². The topological polar surface area (TPSA) is 51.2 Å². The minimum absolute atomic E-state index is 0.235. The fourth-order valence-corrected chi connectivity index (χ4v) is 1.11. The first-order valence-electron chi connectivity index (χ1n) is 4.16. The molecule has 0 amide bonds. The molecule has 3 heteroatoms. The van der Waals surface area contributed by atoms with Gasteiger partial charge in [0.25, 0.3) is 0 Å². The third kappa shape index (κ3) is 2.21. The number of hydrogen-bond donors (Lipinski definition) is 0. The molecule has 68 valence electrons. The fraction of sp³-hybridized carbons (Fsp3) is 0.300. The lowest BCUT2D eigenvalue weighted by Gasteiger charge is -1.97. The zero-order chi connectivity index (χ0) is 9.84. The van der Waals surface area contributed by atoms with Crippen LogP contribution in [0.25, 0.3) is 0 Å². The van der Waals surface area contributed by atoms with Crippen LogP contribution in [0.15, 0.2) is 23.8 Å². The molecule has 0 aliphatic heterocycles. The Morgan fingerprint density at radius 2 is 1.62 bits per heavy atom. The molecule has 0 fully saturated rings. The third-order valence-electron chi connectivity index (χ3n) is 1.77. The molecule has 0 heterocycles. The second-order valence-corrected chi connectivity index (χ2v) is 2.85. The molecule has 0 unspecified atom stereocenters. The SMILES string of the molecule is CCCC1=CC(=O)C(=O)C=CC1=O. The molecule has 0 saturated heterocycles. The molecule has 0 spiro atoms. The Morgan fingerprint density at radius 1 is 1.00 bits per heavy atom. The molecule has 0 N–H and O–H groups in total. The Kier molecular flexibility index (Phi) is 2.90. The van der Waals surface area contributed by atoms with Crippen LogP contribution in [0.3, 0.4) is 0 Å². The van der Waals surface area contributed by atoms with Crippen molar-refractivity contribution in [3.63, 3.8) is 0 Å². The molecule has 0 saturated carbocycles.